The maximum atomic E-state index is 12.3. The number of carbonyl (C=O) groups excluding carboxylic acids is 1. The van der Waals surface area contributed by atoms with E-state index >= 15 is 0 Å². The molecule has 2 N–H and O–H groups in total. The van der Waals surface area contributed by atoms with Crippen molar-refractivity contribution >= 4 is 28.8 Å². The Morgan fingerprint density at radius 2 is 2.17 bits per heavy atom. The van der Waals surface area contributed by atoms with Crippen LogP contribution in [0.4, 0.5) is 5.82 Å². The highest BCUT2D eigenvalue weighted by molar-refractivity contribution is 5.92. The third-order valence-electron chi connectivity index (χ3n) is 3.83. The molecule has 3 rings (SSSR count). The molecule has 0 fully saturated rings. The summed E-state index contributed by atoms with van der Waals surface area (Å²) in [5.74, 6) is 0.374. The minimum absolute atomic E-state index is 0.0836. The molecule has 0 aliphatic carbocycles. The van der Waals surface area contributed by atoms with Crippen molar-refractivity contribution in [2.24, 2.45) is 7.05 Å². The number of aromatic nitrogens is 3. The lowest BCUT2D eigenvalue weighted by molar-refractivity contribution is -0.125. The summed E-state index contributed by atoms with van der Waals surface area (Å²) in [6, 6.07) is 7.45. The third-order valence-corrected chi connectivity index (χ3v) is 3.83. The van der Waals surface area contributed by atoms with Gasteiger partial charge in [0, 0.05) is 50.9 Å². The van der Waals surface area contributed by atoms with Crippen LogP contribution in [0.5, 0.6) is 0 Å². The van der Waals surface area contributed by atoms with Crippen LogP contribution in [0.1, 0.15) is 11.1 Å². The normalized spacial score (nSPS) is 11.2. The zero-order valence-electron chi connectivity index (χ0n) is 13.7. The van der Waals surface area contributed by atoms with E-state index in [4.69, 9.17) is 5.73 Å². The highest BCUT2D eigenvalue weighted by Gasteiger charge is 2.12. The second-order valence-corrected chi connectivity index (χ2v) is 5.68. The summed E-state index contributed by atoms with van der Waals surface area (Å²) in [6.07, 6.45) is 8.67. The molecule has 6 nitrogen and oxygen atoms in total. The van der Waals surface area contributed by atoms with Gasteiger partial charge in [-0.15, -0.1) is 0 Å². The predicted molar refractivity (Wildman–Crippen MR) is 94.9 cm³/mol. The molecule has 24 heavy (non-hydrogen) atoms. The van der Waals surface area contributed by atoms with E-state index in [2.05, 4.69) is 9.97 Å². The Kier molecular flexibility index (Phi) is 4.29. The van der Waals surface area contributed by atoms with E-state index in [0.717, 1.165) is 22.2 Å². The number of amides is 1. The van der Waals surface area contributed by atoms with E-state index in [1.54, 1.807) is 36.5 Å². The standard InChI is InChI=1S/C18H19N5O/c1-22-11-14(18-15(22)4-3-9-20-18)12-23(2)17(24)8-6-13-5-7-16(19)21-10-13/h3-11H,12H2,1-2H3,(H2,19,21)/b8-6+. The van der Waals surface area contributed by atoms with Crippen molar-refractivity contribution < 1.29 is 4.79 Å². The number of fused-ring (bicyclic) bond motifs is 1. The monoisotopic (exact) mass is 321 g/mol. The highest BCUT2D eigenvalue weighted by Crippen LogP contribution is 2.19. The van der Waals surface area contributed by atoms with Crippen molar-refractivity contribution in [2.45, 2.75) is 6.54 Å². The molecule has 6 heteroatoms. The zero-order chi connectivity index (χ0) is 17.1. The topological polar surface area (TPSA) is 77.0 Å². The van der Waals surface area contributed by atoms with Crippen LogP contribution in [0.15, 0.2) is 48.9 Å². The average Bonchev–Trinajstić information content (AvgIpc) is 2.90. The van der Waals surface area contributed by atoms with Crippen molar-refractivity contribution in [2.75, 3.05) is 12.8 Å². The van der Waals surface area contributed by atoms with Crippen LogP contribution in [0, 0.1) is 0 Å². The fourth-order valence-electron chi connectivity index (χ4n) is 2.55. The Morgan fingerprint density at radius 1 is 1.33 bits per heavy atom. The Hall–Kier alpha value is -3.15. The Balaban J connectivity index is 1.72. The SMILES string of the molecule is CN(Cc1cn(C)c2cccnc12)C(=O)/C=C/c1ccc(N)nc1. The van der Waals surface area contributed by atoms with Gasteiger partial charge < -0.3 is 15.2 Å². The van der Waals surface area contributed by atoms with E-state index in [0.29, 0.717) is 12.4 Å². The maximum absolute atomic E-state index is 12.3. The van der Waals surface area contributed by atoms with Gasteiger partial charge in [-0.1, -0.05) is 0 Å². The Bertz CT molecular complexity index is 895. The largest absolute Gasteiger partial charge is 0.384 e. The number of nitrogen functional groups attached to an aromatic ring is 1. The number of anilines is 1. The van der Waals surface area contributed by atoms with Gasteiger partial charge >= 0.3 is 0 Å². The number of rotatable bonds is 4. The van der Waals surface area contributed by atoms with E-state index < -0.39 is 0 Å². The maximum Gasteiger partial charge on any atom is 0.246 e. The average molecular weight is 321 g/mol. The summed E-state index contributed by atoms with van der Waals surface area (Å²) < 4.78 is 2.02. The fourth-order valence-corrected chi connectivity index (χ4v) is 2.55. The Labute approximate surface area is 140 Å². The van der Waals surface area contributed by atoms with E-state index in [1.807, 2.05) is 36.0 Å². The van der Waals surface area contributed by atoms with Crippen LogP contribution in [0.3, 0.4) is 0 Å². The van der Waals surface area contributed by atoms with Crippen LogP contribution >= 0.6 is 0 Å². The van der Waals surface area contributed by atoms with Gasteiger partial charge in [0.05, 0.1) is 11.0 Å². The van der Waals surface area contributed by atoms with Gasteiger partial charge in [0.2, 0.25) is 5.91 Å². The molecule has 3 aromatic heterocycles. The van der Waals surface area contributed by atoms with E-state index in [-0.39, 0.29) is 5.91 Å². The summed E-state index contributed by atoms with van der Waals surface area (Å²) >= 11 is 0. The molecule has 0 aromatic carbocycles. The first kappa shape index (κ1) is 15.7. The van der Waals surface area contributed by atoms with Gasteiger partial charge in [-0.25, -0.2) is 4.98 Å². The quantitative estimate of drug-likeness (QED) is 0.748. The van der Waals surface area contributed by atoms with Crippen LogP contribution in [0.25, 0.3) is 17.1 Å². The van der Waals surface area contributed by atoms with Crippen molar-refractivity contribution in [1.29, 1.82) is 0 Å². The van der Waals surface area contributed by atoms with Gasteiger partial charge in [0.25, 0.3) is 0 Å². The van der Waals surface area contributed by atoms with Gasteiger partial charge in [-0.05, 0) is 35.9 Å². The number of pyridine rings is 2. The minimum Gasteiger partial charge on any atom is -0.384 e. The molecule has 0 aliphatic rings. The molecule has 0 saturated carbocycles. The lowest BCUT2D eigenvalue weighted by Gasteiger charge is -2.14. The smallest absolute Gasteiger partial charge is 0.246 e. The molecule has 0 radical (unpaired) electrons. The molecule has 0 atom stereocenters. The van der Waals surface area contributed by atoms with Gasteiger partial charge in [-0.3, -0.25) is 9.78 Å². The van der Waals surface area contributed by atoms with Crippen molar-refractivity contribution in [1.82, 2.24) is 19.4 Å². The van der Waals surface area contributed by atoms with Gasteiger partial charge in [-0.2, -0.15) is 0 Å². The molecule has 3 aromatic rings. The molecule has 0 bridgehead atoms. The minimum atomic E-state index is -0.0836. The predicted octanol–water partition coefficient (Wildman–Crippen LogP) is 2.22. The van der Waals surface area contributed by atoms with Crippen LogP contribution in [-0.4, -0.2) is 32.4 Å². The molecule has 1 amide bonds. The van der Waals surface area contributed by atoms with Crippen LogP contribution in [-0.2, 0) is 18.4 Å². The lowest BCUT2D eigenvalue weighted by atomic mass is 10.2. The summed E-state index contributed by atoms with van der Waals surface area (Å²) in [5.41, 5.74) is 9.37. The molecule has 0 aliphatic heterocycles. The Morgan fingerprint density at radius 3 is 2.92 bits per heavy atom. The molecule has 0 unspecified atom stereocenters. The van der Waals surface area contributed by atoms with Gasteiger partial charge in [0.15, 0.2) is 0 Å². The molecule has 0 saturated heterocycles. The fraction of sp³-hybridized carbons (Fsp3) is 0.167. The molecular formula is C18H19N5O. The number of likely N-dealkylation sites (N-methyl/N-ethyl adjacent to an activating group) is 1. The first-order valence-corrected chi connectivity index (χ1v) is 7.58. The number of nitrogens with zero attached hydrogens (tertiary/aromatic N) is 4. The first-order chi connectivity index (χ1) is 11.5. The number of hydrogen-bond donors (Lipinski definition) is 1. The number of carbonyl (C=O) groups is 1. The third kappa shape index (κ3) is 3.27. The summed E-state index contributed by atoms with van der Waals surface area (Å²) in [6.45, 7) is 0.498. The summed E-state index contributed by atoms with van der Waals surface area (Å²) in [5, 5.41) is 0. The highest BCUT2D eigenvalue weighted by atomic mass is 16.2. The van der Waals surface area contributed by atoms with E-state index in [1.165, 1.54) is 6.08 Å². The van der Waals surface area contributed by atoms with Crippen LogP contribution in [0.2, 0.25) is 0 Å². The summed E-state index contributed by atoms with van der Waals surface area (Å²) in [4.78, 5) is 22.4. The molecular weight excluding hydrogens is 302 g/mol. The van der Waals surface area contributed by atoms with Gasteiger partial charge in [0.1, 0.15) is 5.82 Å². The second kappa shape index (κ2) is 6.54. The van der Waals surface area contributed by atoms with E-state index in [9.17, 15) is 4.79 Å². The van der Waals surface area contributed by atoms with Crippen molar-refractivity contribution in [3.05, 3.63) is 60.1 Å². The number of nitrogens with two attached hydrogens (primary N) is 1. The molecule has 122 valence electrons. The molecule has 0 spiro atoms. The first-order valence-electron chi connectivity index (χ1n) is 7.58. The molecule has 3 heterocycles. The summed E-state index contributed by atoms with van der Waals surface area (Å²) in [7, 11) is 3.75. The second-order valence-electron chi connectivity index (χ2n) is 5.68. The van der Waals surface area contributed by atoms with Crippen molar-refractivity contribution in [3.63, 3.8) is 0 Å². The van der Waals surface area contributed by atoms with Crippen molar-refractivity contribution in [3.8, 4) is 0 Å². The number of aryl methyl sites for hydroxylation is 1. The zero-order valence-corrected chi connectivity index (χ0v) is 13.7. The number of hydrogen-bond acceptors (Lipinski definition) is 4. The van der Waals surface area contributed by atoms with Crippen LogP contribution < -0.4 is 5.73 Å². The lowest BCUT2D eigenvalue weighted by Crippen LogP contribution is -2.24.